The second-order valence-electron chi connectivity index (χ2n) is 5.11. The SMILES string of the molecule is CCCNC1COCCc2c(Cl)cc3c(c21)OCCO3. The minimum Gasteiger partial charge on any atom is -0.486 e. The van der Waals surface area contributed by atoms with E-state index in [1.54, 1.807) is 0 Å². The molecule has 110 valence electrons. The average molecular weight is 298 g/mol. The van der Waals surface area contributed by atoms with Crippen molar-refractivity contribution in [2.75, 3.05) is 33.0 Å². The molecule has 0 aliphatic carbocycles. The second-order valence-corrected chi connectivity index (χ2v) is 5.51. The lowest BCUT2D eigenvalue weighted by Gasteiger charge is -2.27. The number of rotatable bonds is 3. The fourth-order valence-corrected chi connectivity index (χ4v) is 3.07. The van der Waals surface area contributed by atoms with Crippen molar-refractivity contribution < 1.29 is 14.2 Å². The summed E-state index contributed by atoms with van der Waals surface area (Å²) < 4.78 is 17.3. The Labute approximate surface area is 124 Å². The smallest absolute Gasteiger partial charge is 0.166 e. The quantitative estimate of drug-likeness (QED) is 0.931. The van der Waals surface area contributed by atoms with Crippen LogP contribution in [0.4, 0.5) is 0 Å². The molecule has 2 heterocycles. The highest BCUT2D eigenvalue weighted by molar-refractivity contribution is 6.31. The van der Waals surface area contributed by atoms with Crippen molar-refractivity contribution in [1.29, 1.82) is 0 Å². The molecule has 1 N–H and O–H groups in total. The summed E-state index contributed by atoms with van der Waals surface area (Å²) in [6, 6.07) is 1.98. The van der Waals surface area contributed by atoms with Crippen molar-refractivity contribution in [3.63, 3.8) is 0 Å². The van der Waals surface area contributed by atoms with E-state index < -0.39 is 0 Å². The first-order valence-electron chi connectivity index (χ1n) is 7.23. The fourth-order valence-electron chi connectivity index (χ4n) is 2.78. The monoisotopic (exact) mass is 297 g/mol. The number of nitrogens with one attached hydrogen (secondary N) is 1. The van der Waals surface area contributed by atoms with Gasteiger partial charge < -0.3 is 19.5 Å². The van der Waals surface area contributed by atoms with Gasteiger partial charge in [-0.3, -0.25) is 0 Å². The maximum Gasteiger partial charge on any atom is 0.166 e. The van der Waals surface area contributed by atoms with Gasteiger partial charge in [-0.05, 0) is 24.9 Å². The molecular formula is C15H20ClNO3. The third kappa shape index (κ3) is 2.60. The molecule has 0 spiro atoms. The Morgan fingerprint density at radius 2 is 2.15 bits per heavy atom. The van der Waals surface area contributed by atoms with E-state index in [-0.39, 0.29) is 6.04 Å². The summed E-state index contributed by atoms with van der Waals surface area (Å²) in [5.74, 6) is 1.60. The van der Waals surface area contributed by atoms with Gasteiger partial charge >= 0.3 is 0 Å². The molecule has 20 heavy (non-hydrogen) atoms. The minimum atomic E-state index is 0.113. The number of ether oxygens (including phenoxy) is 3. The van der Waals surface area contributed by atoms with Gasteiger partial charge in [0.25, 0.3) is 0 Å². The topological polar surface area (TPSA) is 39.7 Å². The molecule has 0 bridgehead atoms. The molecular weight excluding hydrogens is 278 g/mol. The van der Waals surface area contributed by atoms with E-state index in [1.807, 2.05) is 6.07 Å². The molecule has 1 atom stereocenters. The minimum absolute atomic E-state index is 0.113. The summed E-state index contributed by atoms with van der Waals surface area (Å²) >= 11 is 6.43. The highest BCUT2D eigenvalue weighted by atomic mass is 35.5. The zero-order valence-electron chi connectivity index (χ0n) is 11.7. The lowest BCUT2D eigenvalue weighted by atomic mass is 9.97. The van der Waals surface area contributed by atoms with Crippen LogP contribution < -0.4 is 14.8 Å². The molecule has 0 saturated carbocycles. The lowest BCUT2D eigenvalue weighted by molar-refractivity contribution is 0.119. The van der Waals surface area contributed by atoms with E-state index in [2.05, 4.69) is 12.2 Å². The second kappa shape index (κ2) is 6.20. The first-order chi connectivity index (χ1) is 9.81. The van der Waals surface area contributed by atoms with Gasteiger partial charge in [0.2, 0.25) is 0 Å². The predicted molar refractivity (Wildman–Crippen MR) is 78.0 cm³/mol. The third-order valence-corrected chi connectivity index (χ3v) is 4.03. The molecule has 2 aliphatic rings. The van der Waals surface area contributed by atoms with Gasteiger partial charge in [0.1, 0.15) is 13.2 Å². The summed E-state index contributed by atoms with van der Waals surface area (Å²) in [5, 5.41) is 4.27. The van der Waals surface area contributed by atoms with Crippen molar-refractivity contribution >= 4 is 11.6 Å². The van der Waals surface area contributed by atoms with E-state index in [0.717, 1.165) is 47.0 Å². The molecule has 1 aromatic carbocycles. The largest absolute Gasteiger partial charge is 0.486 e. The van der Waals surface area contributed by atoms with Crippen LogP contribution in [-0.2, 0) is 11.2 Å². The molecule has 2 aliphatic heterocycles. The van der Waals surface area contributed by atoms with E-state index in [0.29, 0.717) is 26.4 Å². The first-order valence-corrected chi connectivity index (χ1v) is 7.61. The molecule has 1 unspecified atom stereocenters. The van der Waals surface area contributed by atoms with Crippen LogP contribution in [0.1, 0.15) is 30.5 Å². The highest BCUT2D eigenvalue weighted by Gasteiger charge is 2.29. The Balaban J connectivity index is 2.06. The van der Waals surface area contributed by atoms with Gasteiger partial charge in [0, 0.05) is 16.7 Å². The molecule has 1 aromatic rings. The number of halogens is 1. The van der Waals surface area contributed by atoms with Gasteiger partial charge in [-0.1, -0.05) is 18.5 Å². The molecule has 4 nitrogen and oxygen atoms in total. The zero-order valence-corrected chi connectivity index (χ0v) is 12.5. The molecule has 0 saturated heterocycles. The fraction of sp³-hybridized carbons (Fsp3) is 0.600. The van der Waals surface area contributed by atoms with E-state index in [9.17, 15) is 0 Å². The van der Waals surface area contributed by atoms with Gasteiger partial charge in [0.15, 0.2) is 11.5 Å². The molecule has 0 aromatic heterocycles. The zero-order chi connectivity index (χ0) is 13.9. The van der Waals surface area contributed by atoms with Crippen LogP contribution in [0.25, 0.3) is 0 Å². The van der Waals surface area contributed by atoms with E-state index >= 15 is 0 Å². The number of hydrogen-bond donors (Lipinski definition) is 1. The van der Waals surface area contributed by atoms with Crippen molar-refractivity contribution in [2.24, 2.45) is 0 Å². The number of benzene rings is 1. The van der Waals surface area contributed by atoms with Gasteiger partial charge in [-0.2, -0.15) is 0 Å². The predicted octanol–water partition coefficient (Wildman–Crippen LogP) is 2.72. The van der Waals surface area contributed by atoms with Crippen LogP contribution in [0.3, 0.4) is 0 Å². The normalized spacial score (nSPS) is 21.2. The Morgan fingerprint density at radius 1 is 1.30 bits per heavy atom. The van der Waals surface area contributed by atoms with Crippen molar-refractivity contribution in [3.8, 4) is 11.5 Å². The number of fused-ring (bicyclic) bond motifs is 3. The average Bonchev–Trinajstić information content (AvgIpc) is 2.68. The summed E-state index contributed by atoms with van der Waals surface area (Å²) in [5.41, 5.74) is 2.25. The van der Waals surface area contributed by atoms with Crippen molar-refractivity contribution in [3.05, 3.63) is 22.2 Å². The van der Waals surface area contributed by atoms with Crippen LogP contribution in [0.15, 0.2) is 6.07 Å². The standard InChI is InChI=1S/C15H20ClNO3/c1-2-4-17-12-9-18-5-3-10-11(16)8-13-15(14(10)12)20-7-6-19-13/h8,12,17H,2-7,9H2,1H3. The van der Waals surface area contributed by atoms with Crippen LogP contribution in [-0.4, -0.2) is 33.0 Å². The Morgan fingerprint density at radius 3 is 3.00 bits per heavy atom. The Kier molecular flexibility index (Phi) is 4.34. The van der Waals surface area contributed by atoms with E-state index in [4.69, 9.17) is 25.8 Å². The van der Waals surface area contributed by atoms with Crippen molar-refractivity contribution in [1.82, 2.24) is 5.32 Å². The van der Waals surface area contributed by atoms with Crippen LogP contribution in [0.5, 0.6) is 11.5 Å². The van der Waals surface area contributed by atoms with Gasteiger partial charge in [0.05, 0.1) is 19.3 Å². The highest BCUT2D eigenvalue weighted by Crippen LogP contribution is 2.44. The van der Waals surface area contributed by atoms with Crippen molar-refractivity contribution in [2.45, 2.75) is 25.8 Å². The molecule has 0 amide bonds. The van der Waals surface area contributed by atoms with Gasteiger partial charge in [-0.15, -0.1) is 0 Å². The molecule has 0 radical (unpaired) electrons. The van der Waals surface area contributed by atoms with Crippen LogP contribution >= 0.6 is 11.6 Å². The molecule has 3 rings (SSSR count). The molecule has 5 heteroatoms. The summed E-state index contributed by atoms with van der Waals surface area (Å²) in [4.78, 5) is 0. The number of hydrogen-bond acceptors (Lipinski definition) is 4. The van der Waals surface area contributed by atoms with Crippen LogP contribution in [0.2, 0.25) is 5.02 Å². The Bertz CT molecular complexity index is 492. The van der Waals surface area contributed by atoms with Gasteiger partial charge in [-0.25, -0.2) is 0 Å². The van der Waals surface area contributed by atoms with E-state index in [1.165, 1.54) is 0 Å². The van der Waals surface area contributed by atoms with Crippen LogP contribution in [0, 0.1) is 0 Å². The third-order valence-electron chi connectivity index (χ3n) is 3.70. The lowest BCUT2D eigenvalue weighted by Crippen LogP contribution is -2.28. The summed E-state index contributed by atoms with van der Waals surface area (Å²) in [6.07, 6.45) is 1.89. The Hall–Kier alpha value is -0.970. The maximum absolute atomic E-state index is 6.43. The maximum atomic E-state index is 6.43. The first kappa shape index (κ1) is 14.0. The summed E-state index contributed by atoms with van der Waals surface area (Å²) in [7, 11) is 0. The summed E-state index contributed by atoms with van der Waals surface area (Å²) in [6.45, 7) is 5.59. The molecule has 0 fully saturated rings.